The number of likely N-dealkylation sites (tertiary alicyclic amines) is 1. The van der Waals surface area contributed by atoms with Gasteiger partial charge in [0.05, 0.1) is 12.6 Å². The monoisotopic (exact) mass is 409 g/mol. The number of hydrogen-bond acceptors (Lipinski definition) is 4. The van der Waals surface area contributed by atoms with Gasteiger partial charge in [0, 0.05) is 36.1 Å². The van der Waals surface area contributed by atoms with Gasteiger partial charge in [-0.2, -0.15) is 0 Å². The molecule has 3 rings (SSSR count). The molecule has 1 aliphatic heterocycles. The molecule has 6 nitrogen and oxygen atoms in total. The van der Waals surface area contributed by atoms with Gasteiger partial charge in [0.1, 0.15) is 5.75 Å². The van der Waals surface area contributed by atoms with Gasteiger partial charge >= 0.3 is 0 Å². The van der Waals surface area contributed by atoms with E-state index in [9.17, 15) is 9.59 Å². The summed E-state index contributed by atoms with van der Waals surface area (Å²) in [5.74, 6) is 0.631. The van der Waals surface area contributed by atoms with E-state index in [1.807, 2.05) is 36.1 Å². The zero-order valence-corrected chi connectivity index (χ0v) is 17.8. The number of anilines is 2. The predicted octanol–water partition coefficient (Wildman–Crippen LogP) is 4.54. The number of amides is 2. The molecular formula is C24H31N3O3. The van der Waals surface area contributed by atoms with Crippen molar-refractivity contribution in [1.29, 1.82) is 0 Å². The molecule has 1 saturated heterocycles. The van der Waals surface area contributed by atoms with E-state index >= 15 is 0 Å². The van der Waals surface area contributed by atoms with Gasteiger partial charge in [0.25, 0.3) is 5.91 Å². The van der Waals surface area contributed by atoms with Crippen molar-refractivity contribution < 1.29 is 14.3 Å². The molecular weight excluding hydrogens is 378 g/mol. The number of nitrogens with zero attached hydrogens (tertiary/aromatic N) is 1. The topological polar surface area (TPSA) is 70.7 Å². The third-order valence-electron chi connectivity index (χ3n) is 5.24. The number of carbonyl (C=O) groups is 2. The van der Waals surface area contributed by atoms with Crippen LogP contribution in [0.1, 0.15) is 49.9 Å². The van der Waals surface area contributed by atoms with Gasteiger partial charge in [0.2, 0.25) is 5.91 Å². The highest BCUT2D eigenvalue weighted by Crippen LogP contribution is 2.20. The minimum absolute atomic E-state index is 0.0297. The summed E-state index contributed by atoms with van der Waals surface area (Å²) >= 11 is 0. The Balaban J connectivity index is 1.54. The largest absolute Gasteiger partial charge is 0.491 e. The molecule has 1 fully saturated rings. The van der Waals surface area contributed by atoms with Crippen molar-refractivity contribution in [1.82, 2.24) is 4.90 Å². The maximum atomic E-state index is 12.7. The summed E-state index contributed by atoms with van der Waals surface area (Å²) in [6, 6.07) is 14.7. The fraction of sp³-hybridized carbons (Fsp3) is 0.417. The minimum Gasteiger partial charge on any atom is -0.491 e. The van der Waals surface area contributed by atoms with Crippen molar-refractivity contribution in [3.8, 4) is 5.75 Å². The number of carbonyl (C=O) groups excluding carboxylic acids is 2. The normalized spacial score (nSPS) is 14.7. The molecule has 2 aromatic carbocycles. The Hall–Kier alpha value is -3.02. The van der Waals surface area contributed by atoms with Crippen molar-refractivity contribution in [2.24, 2.45) is 0 Å². The van der Waals surface area contributed by atoms with Gasteiger partial charge in [-0.3, -0.25) is 9.59 Å². The first-order chi connectivity index (χ1) is 14.5. The lowest BCUT2D eigenvalue weighted by molar-refractivity contribution is -0.114. The van der Waals surface area contributed by atoms with Crippen LogP contribution in [0.2, 0.25) is 0 Å². The summed E-state index contributed by atoms with van der Waals surface area (Å²) in [7, 11) is 0. The van der Waals surface area contributed by atoms with Crippen molar-refractivity contribution in [3.05, 3.63) is 54.1 Å². The summed E-state index contributed by atoms with van der Waals surface area (Å²) in [6.07, 6.45) is 4.36. The molecule has 1 heterocycles. The van der Waals surface area contributed by atoms with Crippen LogP contribution in [0.5, 0.6) is 5.75 Å². The van der Waals surface area contributed by atoms with Gasteiger partial charge in [0.15, 0.2) is 0 Å². The molecule has 30 heavy (non-hydrogen) atoms. The first-order valence-electron chi connectivity index (χ1n) is 10.7. The second-order valence-corrected chi connectivity index (χ2v) is 7.70. The first kappa shape index (κ1) is 21.7. The molecule has 2 aromatic rings. The molecule has 2 N–H and O–H groups in total. The van der Waals surface area contributed by atoms with E-state index in [0.717, 1.165) is 43.8 Å². The average molecular weight is 410 g/mol. The highest BCUT2D eigenvalue weighted by atomic mass is 16.5. The van der Waals surface area contributed by atoms with Crippen molar-refractivity contribution in [2.45, 2.75) is 45.6 Å². The number of nitrogens with one attached hydrogen (secondary N) is 2. The summed E-state index contributed by atoms with van der Waals surface area (Å²) in [5.41, 5.74) is 2.05. The number of benzene rings is 2. The Bertz CT molecular complexity index is 862. The second-order valence-electron chi connectivity index (χ2n) is 7.70. The van der Waals surface area contributed by atoms with Gasteiger partial charge < -0.3 is 20.3 Å². The van der Waals surface area contributed by atoms with Crippen LogP contribution in [-0.2, 0) is 4.79 Å². The summed E-state index contributed by atoms with van der Waals surface area (Å²) < 4.78 is 5.82. The van der Waals surface area contributed by atoms with Gasteiger partial charge in [-0.15, -0.1) is 0 Å². The van der Waals surface area contributed by atoms with E-state index in [2.05, 4.69) is 17.6 Å². The Kier molecular flexibility index (Phi) is 7.71. The molecule has 6 heteroatoms. The lowest BCUT2D eigenvalue weighted by Crippen LogP contribution is -2.35. The van der Waals surface area contributed by atoms with Crippen LogP contribution in [-0.4, -0.2) is 42.5 Å². The standard InChI is InChI=1S/C24H31N3O3/c1-3-18(2)30-22-12-8-10-20(16-22)25-17-23(28)26-21-11-7-9-19(15-21)24(29)27-13-5-4-6-14-27/h7-12,15-16,18,25H,3-6,13-14,17H2,1-2H3,(H,26,28). The van der Waals surface area contributed by atoms with Crippen LogP contribution in [0.3, 0.4) is 0 Å². The van der Waals surface area contributed by atoms with Gasteiger partial charge in [-0.1, -0.05) is 19.1 Å². The maximum absolute atomic E-state index is 12.7. The molecule has 0 radical (unpaired) electrons. The third kappa shape index (κ3) is 6.24. The quantitative estimate of drug-likeness (QED) is 0.671. The Morgan fingerprint density at radius 2 is 1.77 bits per heavy atom. The predicted molar refractivity (Wildman–Crippen MR) is 120 cm³/mol. The van der Waals surface area contributed by atoms with E-state index in [1.54, 1.807) is 24.3 Å². The molecule has 1 unspecified atom stereocenters. The number of piperidine rings is 1. The Labute approximate surface area is 178 Å². The van der Waals surface area contributed by atoms with Gasteiger partial charge in [-0.05, 0) is 62.9 Å². The molecule has 2 amide bonds. The zero-order chi connectivity index (χ0) is 21.3. The van der Waals surface area contributed by atoms with E-state index in [1.165, 1.54) is 6.42 Å². The van der Waals surface area contributed by atoms with Crippen molar-refractivity contribution in [3.63, 3.8) is 0 Å². The lowest BCUT2D eigenvalue weighted by Gasteiger charge is -2.26. The van der Waals surface area contributed by atoms with Crippen LogP contribution in [0.25, 0.3) is 0 Å². The van der Waals surface area contributed by atoms with Gasteiger partial charge in [-0.25, -0.2) is 0 Å². The van der Waals surface area contributed by atoms with E-state index in [4.69, 9.17) is 4.74 Å². The fourth-order valence-corrected chi connectivity index (χ4v) is 3.39. The molecule has 0 aromatic heterocycles. The lowest BCUT2D eigenvalue weighted by atomic mass is 10.1. The van der Waals surface area contributed by atoms with Crippen LogP contribution >= 0.6 is 0 Å². The van der Waals surface area contributed by atoms with E-state index in [0.29, 0.717) is 11.3 Å². The number of ether oxygens (including phenoxy) is 1. The van der Waals surface area contributed by atoms with Crippen LogP contribution in [0.15, 0.2) is 48.5 Å². The van der Waals surface area contributed by atoms with Crippen LogP contribution < -0.4 is 15.4 Å². The van der Waals surface area contributed by atoms with Crippen molar-refractivity contribution >= 4 is 23.2 Å². The fourth-order valence-electron chi connectivity index (χ4n) is 3.39. The molecule has 160 valence electrons. The summed E-state index contributed by atoms with van der Waals surface area (Å²) in [5, 5.41) is 5.98. The van der Waals surface area contributed by atoms with Crippen LogP contribution in [0.4, 0.5) is 11.4 Å². The third-order valence-corrected chi connectivity index (χ3v) is 5.24. The number of rotatable bonds is 8. The zero-order valence-electron chi connectivity index (χ0n) is 17.8. The molecule has 0 saturated carbocycles. The molecule has 0 bridgehead atoms. The second kappa shape index (κ2) is 10.7. The highest BCUT2D eigenvalue weighted by molar-refractivity contribution is 5.98. The molecule has 0 aliphatic carbocycles. The van der Waals surface area contributed by atoms with E-state index in [-0.39, 0.29) is 24.5 Å². The van der Waals surface area contributed by atoms with Crippen LogP contribution in [0, 0.1) is 0 Å². The molecule has 0 spiro atoms. The first-order valence-corrected chi connectivity index (χ1v) is 10.7. The molecule has 1 aliphatic rings. The average Bonchev–Trinajstić information content (AvgIpc) is 2.78. The SMILES string of the molecule is CCC(C)Oc1cccc(NCC(=O)Nc2cccc(C(=O)N3CCCCC3)c2)c1. The van der Waals surface area contributed by atoms with Crippen molar-refractivity contribution in [2.75, 3.05) is 30.3 Å². The smallest absolute Gasteiger partial charge is 0.253 e. The Morgan fingerprint density at radius 1 is 1.03 bits per heavy atom. The van der Waals surface area contributed by atoms with E-state index < -0.39 is 0 Å². The summed E-state index contributed by atoms with van der Waals surface area (Å²) in [6.45, 7) is 5.83. The minimum atomic E-state index is -0.175. The number of hydrogen-bond donors (Lipinski definition) is 2. The molecule has 1 atom stereocenters. The summed E-state index contributed by atoms with van der Waals surface area (Å²) in [4.78, 5) is 26.9. The maximum Gasteiger partial charge on any atom is 0.253 e. The Morgan fingerprint density at radius 3 is 2.53 bits per heavy atom. The highest BCUT2D eigenvalue weighted by Gasteiger charge is 2.18.